The van der Waals surface area contributed by atoms with Crippen LogP contribution >= 0.6 is 0 Å². The van der Waals surface area contributed by atoms with Crippen LogP contribution in [-0.4, -0.2) is 15.6 Å². The van der Waals surface area contributed by atoms with E-state index in [-0.39, 0.29) is 0 Å². The Morgan fingerprint density at radius 1 is 1.20 bits per heavy atom. The van der Waals surface area contributed by atoms with E-state index in [1.165, 1.54) is 0 Å². The molecule has 0 fully saturated rings. The molecule has 0 aliphatic rings. The average Bonchev–Trinajstić information content (AvgIpc) is 2.81. The highest BCUT2D eigenvalue weighted by Crippen LogP contribution is 2.19. The minimum Gasteiger partial charge on any atom is -0.410 e. The summed E-state index contributed by atoms with van der Waals surface area (Å²) in [4.78, 5) is 16.0. The molecule has 0 aliphatic heterocycles. The van der Waals surface area contributed by atoms with Crippen LogP contribution in [0.3, 0.4) is 0 Å². The number of amides is 1. The number of hydrogen-bond acceptors (Lipinski definition) is 3. The molecule has 0 aliphatic carbocycles. The van der Waals surface area contributed by atoms with Gasteiger partial charge in [-0.1, -0.05) is 18.2 Å². The van der Waals surface area contributed by atoms with Gasteiger partial charge in [0.1, 0.15) is 5.75 Å². The first-order valence-electron chi connectivity index (χ1n) is 6.17. The Balaban J connectivity index is 1.74. The van der Waals surface area contributed by atoms with E-state index in [1.807, 2.05) is 35.9 Å². The molecule has 0 bridgehead atoms. The number of carbonyl (C=O) groups is 1. The van der Waals surface area contributed by atoms with Crippen LogP contribution in [0.2, 0.25) is 0 Å². The second-order valence-electron chi connectivity index (χ2n) is 4.39. The molecule has 0 saturated heterocycles. The molecule has 1 amide bonds. The van der Waals surface area contributed by atoms with Gasteiger partial charge in [-0.25, -0.2) is 9.78 Å². The minimum atomic E-state index is -0.522. The van der Waals surface area contributed by atoms with Crippen molar-refractivity contribution in [3.8, 4) is 5.75 Å². The van der Waals surface area contributed by atoms with Crippen LogP contribution in [0.5, 0.6) is 5.75 Å². The molecule has 3 rings (SSSR count). The van der Waals surface area contributed by atoms with Crippen molar-refractivity contribution in [2.45, 2.75) is 0 Å². The topological polar surface area (TPSA) is 56.2 Å². The van der Waals surface area contributed by atoms with E-state index in [0.29, 0.717) is 11.4 Å². The highest BCUT2D eigenvalue weighted by Gasteiger charge is 2.07. The van der Waals surface area contributed by atoms with Gasteiger partial charge in [0.05, 0.1) is 17.4 Å². The van der Waals surface area contributed by atoms with Crippen molar-refractivity contribution >= 4 is 22.8 Å². The number of ether oxygens (including phenoxy) is 1. The van der Waals surface area contributed by atoms with Crippen LogP contribution in [0.4, 0.5) is 10.5 Å². The van der Waals surface area contributed by atoms with Crippen LogP contribution in [0.25, 0.3) is 11.0 Å². The van der Waals surface area contributed by atoms with Gasteiger partial charge in [-0.3, -0.25) is 5.32 Å². The standard InChI is InChI=1S/C15H13N3O2/c1-18-10-16-13-9-12(7-8-14(13)18)20-15(19)17-11-5-3-2-4-6-11/h2-10H,1H3,(H,17,19). The van der Waals surface area contributed by atoms with Crippen LogP contribution in [0, 0.1) is 0 Å². The van der Waals surface area contributed by atoms with Crippen molar-refractivity contribution in [2.24, 2.45) is 7.05 Å². The van der Waals surface area contributed by atoms with Crippen molar-refractivity contribution in [2.75, 3.05) is 5.32 Å². The lowest BCUT2D eigenvalue weighted by Crippen LogP contribution is -2.16. The molecule has 0 spiro atoms. The predicted molar refractivity (Wildman–Crippen MR) is 76.8 cm³/mol. The third kappa shape index (κ3) is 2.47. The van der Waals surface area contributed by atoms with E-state index >= 15 is 0 Å². The van der Waals surface area contributed by atoms with Crippen molar-refractivity contribution in [1.29, 1.82) is 0 Å². The summed E-state index contributed by atoms with van der Waals surface area (Å²) in [6.07, 6.45) is 1.20. The third-order valence-corrected chi connectivity index (χ3v) is 2.93. The van der Waals surface area contributed by atoms with E-state index in [0.717, 1.165) is 11.0 Å². The second-order valence-corrected chi connectivity index (χ2v) is 4.39. The summed E-state index contributed by atoms with van der Waals surface area (Å²) in [6, 6.07) is 14.5. The van der Waals surface area contributed by atoms with E-state index in [4.69, 9.17) is 4.74 Å². The summed E-state index contributed by atoms with van der Waals surface area (Å²) >= 11 is 0. The second kappa shape index (κ2) is 5.05. The van der Waals surface area contributed by atoms with Crippen LogP contribution < -0.4 is 10.1 Å². The number of para-hydroxylation sites is 1. The summed E-state index contributed by atoms with van der Waals surface area (Å²) in [5.41, 5.74) is 2.47. The number of fused-ring (bicyclic) bond motifs is 1. The Labute approximate surface area is 115 Å². The molecular weight excluding hydrogens is 254 g/mol. The molecule has 1 N–H and O–H groups in total. The van der Waals surface area contributed by atoms with Crippen LogP contribution in [0.1, 0.15) is 0 Å². The largest absolute Gasteiger partial charge is 0.417 e. The number of benzene rings is 2. The molecule has 100 valence electrons. The number of carbonyl (C=O) groups excluding carboxylic acids is 1. The van der Waals surface area contributed by atoms with Gasteiger partial charge in [0.2, 0.25) is 0 Å². The zero-order valence-corrected chi connectivity index (χ0v) is 10.9. The lowest BCUT2D eigenvalue weighted by atomic mass is 10.3. The molecule has 0 saturated carbocycles. The average molecular weight is 267 g/mol. The summed E-state index contributed by atoms with van der Waals surface area (Å²) in [5.74, 6) is 0.463. The number of rotatable bonds is 2. The smallest absolute Gasteiger partial charge is 0.410 e. The molecule has 1 heterocycles. The van der Waals surface area contributed by atoms with Crippen molar-refractivity contribution < 1.29 is 9.53 Å². The summed E-state index contributed by atoms with van der Waals surface area (Å²) < 4.78 is 7.14. The molecule has 2 aromatic carbocycles. The number of nitrogens with one attached hydrogen (secondary N) is 1. The van der Waals surface area contributed by atoms with Gasteiger partial charge < -0.3 is 9.30 Å². The molecule has 5 nitrogen and oxygen atoms in total. The molecule has 0 radical (unpaired) electrons. The number of hydrogen-bond donors (Lipinski definition) is 1. The SMILES string of the molecule is Cn1cnc2cc(OC(=O)Nc3ccccc3)ccc21. The first-order chi connectivity index (χ1) is 9.72. The molecular formula is C15H13N3O2. The van der Waals surface area contributed by atoms with Crippen LogP contribution in [0.15, 0.2) is 54.9 Å². The quantitative estimate of drug-likeness (QED) is 0.775. The third-order valence-electron chi connectivity index (χ3n) is 2.93. The van der Waals surface area contributed by atoms with Gasteiger partial charge in [0, 0.05) is 18.8 Å². The normalized spacial score (nSPS) is 10.4. The molecule has 20 heavy (non-hydrogen) atoms. The molecule has 3 aromatic rings. The number of nitrogens with zero attached hydrogens (tertiary/aromatic N) is 2. The Kier molecular flexibility index (Phi) is 3.09. The minimum absolute atomic E-state index is 0.463. The van der Waals surface area contributed by atoms with Gasteiger partial charge in [-0.05, 0) is 24.3 Å². The predicted octanol–water partition coefficient (Wildman–Crippen LogP) is 3.18. The fourth-order valence-electron chi connectivity index (χ4n) is 1.95. The van der Waals surface area contributed by atoms with Gasteiger partial charge >= 0.3 is 6.09 Å². The first-order valence-corrected chi connectivity index (χ1v) is 6.17. The number of aromatic nitrogens is 2. The molecule has 0 atom stereocenters. The summed E-state index contributed by atoms with van der Waals surface area (Å²) in [7, 11) is 1.91. The molecule has 5 heteroatoms. The fourth-order valence-corrected chi connectivity index (χ4v) is 1.95. The van der Waals surface area contributed by atoms with Crippen molar-refractivity contribution in [1.82, 2.24) is 9.55 Å². The molecule has 1 aromatic heterocycles. The monoisotopic (exact) mass is 267 g/mol. The number of imidazole rings is 1. The van der Waals surface area contributed by atoms with E-state index in [2.05, 4.69) is 10.3 Å². The lowest BCUT2D eigenvalue weighted by Gasteiger charge is -2.06. The first kappa shape index (κ1) is 12.2. The Morgan fingerprint density at radius 2 is 2.00 bits per heavy atom. The van der Waals surface area contributed by atoms with Crippen molar-refractivity contribution in [3.05, 3.63) is 54.9 Å². The maximum atomic E-state index is 11.8. The maximum absolute atomic E-state index is 11.8. The Morgan fingerprint density at radius 3 is 2.80 bits per heavy atom. The van der Waals surface area contributed by atoms with Crippen LogP contribution in [-0.2, 0) is 7.05 Å². The fraction of sp³-hybridized carbons (Fsp3) is 0.0667. The van der Waals surface area contributed by atoms with E-state index < -0.39 is 6.09 Å². The van der Waals surface area contributed by atoms with E-state index in [1.54, 1.807) is 30.6 Å². The van der Waals surface area contributed by atoms with Gasteiger partial charge in [0.15, 0.2) is 0 Å². The Bertz CT molecular complexity index is 750. The van der Waals surface area contributed by atoms with E-state index in [9.17, 15) is 4.79 Å². The number of aryl methyl sites for hydroxylation is 1. The van der Waals surface area contributed by atoms with Gasteiger partial charge in [-0.2, -0.15) is 0 Å². The zero-order chi connectivity index (χ0) is 13.9. The van der Waals surface area contributed by atoms with Gasteiger partial charge in [0.25, 0.3) is 0 Å². The maximum Gasteiger partial charge on any atom is 0.417 e. The Hall–Kier alpha value is -2.82. The zero-order valence-electron chi connectivity index (χ0n) is 10.9. The van der Waals surface area contributed by atoms with Crippen molar-refractivity contribution in [3.63, 3.8) is 0 Å². The van der Waals surface area contributed by atoms with Gasteiger partial charge in [-0.15, -0.1) is 0 Å². The summed E-state index contributed by atoms with van der Waals surface area (Å²) in [6.45, 7) is 0. The summed E-state index contributed by atoms with van der Waals surface area (Å²) in [5, 5.41) is 2.66. The highest BCUT2D eigenvalue weighted by atomic mass is 16.6. The lowest BCUT2D eigenvalue weighted by molar-refractivity contribution is 0.215. The number of anilines is 1. The molecule has 0 unspecified atom stereocenters. The highest BCUT2D eigenvalue weighted by molar-refractivity contribution is 5.87.